The number of urea groups is 1. The number of rotatable bonds is 8. The molecule has 0 aliphatic rings. The van der Waals surface area contributed by atoms with E-state index < -0.39 is 31.2 Å². The zero-order valence-corrected chi connectivity index (χ0v) is 13.8. The van der Waals surface area contributed by atoms with Crippen LogP contribution in [0.1, 0.15) is 12.5 Å². The van der Waals surface area contributed by atoms with Crippen molar-refractivity contribution in [3.05, 3.63) is 23.8 Å². The summed E-state index contributed by atoms with van der Waals surface area (Å²) in [5.41, 5.74) is 0.719. The summed E-state index contributed by atoms with van der Waals surface area (Å²) in [5, 5.41) is 6.29. The van der Waals surface area contributed by atoms with Crippen molar-refractivity contribution in [2.24, 2.45) is 0 Å². The smallest absolute Gasteiger partial charge is 0.405 e. The number of carbonyl (C=O) groups excluding carboxylic acids is 2. The van der Waals surface area contributed by atoms with Crippen LogP contribution in [-0.4, -0.2) is 44.9 Å². The lowest BCUT2D eigenvalue weighted by Gasteiger charge is -2.12. The molecule has 0 atom stereocenters. The lowest BCUT2D eigenvalue weighted by molar-refractivity contribution is -0.137. The van der Waals surface area contributed by atoms with Crippen molar-refractivity contribution >= 4 is 11.9 Å². The molecule has 140 valence electrons. The number of alkyl halides is 3. The lowest BCUT2D eigenvalue weighted by atomic mass is 10.2. The van der Waals surface area contributed by atoms with Gasteiger partial charge in [-0.3, -0.25) is 4.79 Å². The summed E-state index contributed by atoms with van der Waals surface area (Å²) in [6, 6.07) is 4.42. The Bertz CT molecular complexity index is 594. The third-order valence-electron chi connectivity index (χ3n) is 2.88. The van der Waals surface area contributed by atoms with Gasteiger partial charge in [0.25, 0.3) is 0 Å². The average molecular weight is 363 g/mol. The fourth-order valence-corrected chi connectivity index (χ4v) is 1.76. The quantitative estimate of drug-likeness (QED) is 0.654. The first-order valence-corrected chi connectivity index (χ1v) is 7.40. The molecule has 3 N–H and O–H groups in total. The van der Waals surface area contributed by atoms with Crippen LogP contribution in [0.5, 0.6) is 11.5 Å². The molecule has 0 bridgehead atoms. The Morgan fingerprint density at radius 3 is 2.44 bits per heavy atom. The van der Waals surface area contributed by atoms with Gasteiger partial charge in [0.1, 0.15) is 6.54 Å². The Hall–Kier alpha value is -2.65. The van der Waals surface area contributed by atoms with Crippen molar-refractivity contribution in [1.82, 2.24) is 16.0 Å². The van der Waals surface area contributed by atoms with Crippen molar-refractivity contribution in [2.45, 2.75) is 19.6 Å². The molecule has 0 radical (unpaired) electrons. The monoisotopic (exact) mass is 363 g/mol. The molecule has 0 aliphatic heterocycles. The minimum Gasteiger partial charge on any atom is -0.493 e. The third kappa shape index (κ3) is 8.13. The van der Waals surface area contributed by atoms with Gasteiger partial charge in [0.05, 0.1) is 20.3 Å². The van der Waals surface area contributed by atoms with Crippen LogP contribution in [0.25, 0.3) is 0 Å². The molecule has 0 spiro atoms. The minimum atomic E-state index is -4.50. The summed E-state index contributed by atoms with van der Waals surface area (Å²) < 4.78 is 46.3. The Morgan fingerprint density at radius 1 is 1.12 bits per heavy atom. The molecule has 0 fully saturated rings. The topological polar surface area (TPSA) is 88.7 Å². The van der Waals surface area contributed by atoms with E-state index in [9.17, 15) is 22.8 Å². The van der Waals surface area contributed by atoms with Crippen LogP contribution in [0, 0.1) is 0 Å². The highest BCUT2D eigenvalue weighted by molar-refractivity contribution is 5.83. The van der Waals surface area contributed by atoms with E-state index in [1.165, 1.54) is 7.11 Å². The number of halogens is 3. The molecule has 0 aliphatic carbocycles. The summed E-state index contributed by atoms with van der Waals surface area (Å²) in [6.07, 6.45) is -4.50. The lowest BCUT2D eigenvalue weighted by Crippen LogP contribution is -2.43. The molecular weight excluding hydrogens is 343 g/mol. The molecule has 0 aromatic heterocycles. The van der Waals surface area contributed by atoms with Gasteiger partial charge in [0.2, 0.25) is 5.91 Å². The van der Waals surface area contributed by atoms with E-state index in [-0.39, 0.29) is 6.54 Å². The molecule has 1 rings (SSSR count). The zero-order chi connectivity index (χ0) is 18.9. The number of benzene rings is 1. The standard InChI is InChI=1S/C15H20F3N3O4/c1-3-25-11-5-4-10(6-12(11)24-2)7-19-14(23)20-8-13(22)21-9-15(16,17)18/h4-6H,3,7-9H2,1-2H3,(H,21,22)(H2,19,20,23). The van der Waals surface area contributed by atoms with Gasteiger partial charge >= 0.3 is 12.2 Å². The van der Waals surface area contributed by atoms with Crippen molar-refractivity contribution in [3.8, 4) is 11.5 Å². The van der Waals surface area contributed by atoms with Crippen LogP contribution in [-0.2, 0) is 11.3 Å². The van der Waals surface area contributed by atoms with Gasteiger partial charge in [-0.05, 0) is 24.6 Å². The van der Waals surface area contributed by atoms with Crippen LogP contribution in [0.15, 0.2) is 18.2 Å². The van der Waals surface area contributed by atoms with Gasteiger partial charge in [-0.15, -0.1) is 0 Å². The highest BCUT2D eigenvalue weighted by Gasteiger charge is 2.27. The maximum absolute atomic E-state index is 11.9. The average Bonchev–Trinajstić information content (AvgIpc) is 2.56. The van der Waals surface area contributed by atoms with Crippen LogP contribution < -0.4 is 25.4 Å². The fourth-order valence-electron chi connectivity index (χ4n) is 1.76. The van der Waals surface area contributed by atoms with E-state index in [0.29, 0.717) is 18.1 Å². The Kier molecular flexibility index (Phi) is 7.83. The van der Waals surface area contributed by atoms with Gasteiger partial charge in [0.15, 0.2) is 11.5 Å². The van der Waals surface area contributed by atoms with Crippen LogP contribution >= 0.6 is 0 Å². The largest absolute Gasteiger partial charge is 0.493 e. The Labute approximate surface area is 142 Å². The third-order valence-corrected chi connectivity index (χ3v) is 2.88. The van der Waals surface area contributed by atoms with E-state index >= 15 is 0 Å². The maximum Gasteiger partial charge on any atom is 0.405 e. The second kappa shape index (κ2) is 9.60. The molecule has 25 heavy (non-hydrogen) atoms. The number of carbonyl (C=O) groups is 2. The molecular formula is C15H20F3N3O4. The summed E-state index contributed by atoms with van der Waals surface area (Å²) in [4.78, 5) is 22.7. The van der Waals surface area contributed by atoms with Crippen molar-refractivity contribution in [1.29, 1.82) is 0 Å². The van der Waals surface area contributed by atoms with Crippen LogP contribution in [0.4, 0.5) is 18.0 Å². The highest BCUT2D eigenvalue weighted by Crippen LogP contribution is 2.27. The molecule has 1 aromatic carbocycles. The molecule has 1 aromatic rings. The van der Waals surface area contributed by atoms with E-state index in [2.05, 4.69) is 10.6 Å². The van der Waals surface area contributed by atoms with Crippen LogP contribution in [0.3, 0.4) is 0 Å². The predicted octanol–water partition coefficient (Wildman–Crippen LogP) is 1.57. The molecule has 7 nitrogen and oxygen atoms in total. The number of hydrogen-bond acceptors (Lipinski definition) is 4. The molecule has 0 unspecified atom stereocenters. The van der Waals surface area contributed by atoms with E-state index in [1.807, 2.05) is 6.92 Å². The summed E-state index contributed by atoms with van der Waals surface area (Å²) in [5.74, 6) is 0.142. The second-order valence-corrected chi connectivity index (χ2v) is 4.85. The van der Waals surface area contributed by atoms with Gasteiger partial charge < -0.3 is 25.4 Å². The number of amides is 3. The van der Waals surface area contributed by atoms with E-state index in [0.717, 1.165) is 5.56 Å². The van der Waals surface area contributed by atoms with Gasteiger partial charge in [-0.1, -0.05) is 6.07 Å². The minimum absolute atomic E-state index is 0.138. The van der Waals surface area contributed by atoms with Gasteiger partial charge in [-0.2, -0.15) is 13.2 Å². The number of nitrogens with one attached hydrogen (secondary N) is 3. The molecule has 0 saturated carbocycles. The summed E-state index contributed by atoms with van der Waals surface area (Å²) >= 11 is 0. The van der Waals surface area contributed by atoms with Gasteiger partial charge in [-0.25, -0.2) is 4.79 Å². The fraction of sp³-hybridized carbons (Fsp3) is 0.467. The van der Waals surface area contributed by atoms with Crippen molar-refractivity contribution in [2.75, 3.05) is 26.8 Å². The van der Waals surface area contributed by atoms with Crippen LogP contribution in [0.2, 0.25) is 0 Å². The highest BCUT2D eigenvalue weighted by atomic mass is 19.4. The first kappa shape index (κ1) is 20.4. The van der Waals surface area contributed by atoms with Crippen molar-refractivity contribution < 1.29 is 32.2 Å². The van der Waals surface area contributed by atoms with E-state index in [4.69, 9.17) is 9.47 Å². The summed E-state index contributed by atoms with van der Waals surface area (Å²) in [7, 11) is 1.49. The van der Waals surface area contributed by atoms with E-state index in [1.54, 1.807) is 23.5 Å². The molecule has 0 saturated heterocycles. The maximum atomic E-state index is 11.9. The number of methoxy groups -OCH3 is 1. The number of ether oxygens (including phenoxy) is 2. The second-order valence-electron chi connectivity index (χ2n) is 4.85. The molecule has 10 heteroatoms. The summed E-state index contributed by atoms with van der Waals surface area (Å²) in [6.45, 7) is 0.450. The normalized spacial score (nSPS) is 10.8. The first-order valence-electron chi connectivity index (χ1n) is 7.40. The SMILES string of the molecule is CCOc1ccc(CNC(=O)NCC(=O)NCC(F)(F)F)cc1OC. The zero-order valence-electron chi connectivity index (χ0n) is 13.8. The molecule has 0 heterocycles. The molecule has 3 amide bonds. The Morgan fingerprint density at radius 2 is 1.84 bits per heavy atom. The van der Waals surface area contributed by atoms with Crippen molar-refractivity contribution in [3.63, 3.8) is 0 Å². The first-order chi connectivity index (χ1) is 11.7. The number of hydrogen-bond donors (Lipinski definition) is 3. The van der Waals surface area contributed by atoms with Gasteiger partial charge in [0, 0.05) is 6.54 Å². The Balaban J connectivity index is 2.40. The predicted molar refractivity (Wildman–Crippen MR) is 83.5 cm³/mol.